The van der Waals surface area contributed by atoms with Gasteiger partial charge in [0, 0.05) is 16.5 Å². The zero-order valence-corrected chi connectivity index (χ0v) is 16.9. The molecule has 0 aliphatic heterocycles. The molecule has 2 aromatic heterocycles. The number of ether oxygens (including phenoxy) is 1. The van der Waals surface area contributed by atoms with Gasteiger partial charge in [-0.3, -0.25) is 4.79 Å². The van der Waals surface area contributed by atoms with Gasteiger partial charge in [-0.05, 0) is 41.3 Å². The van der Waals surface area contributed by atoms with Gasteiger partial charge in [0.25, 0.3) is 5.91 Å². The molecule has 1 atom stereocenters. The molecule has 9 heteroatoms. The average Bonchev–Trinajstić information content (AvgIpc) is 3.42. The summed E-state index contributed by atoms with van der Waals surface area (Å²) in [6.07, 6.45) is 2.43. The summed E-state index contributed by atoms with van der Waals surface area (Å²) in [7, 11) is 0. The zero-order chi connectivity index (χ0) is 20.6. The average molecular weight is 411 g/mol. The van der Waals surface area contributed by atoms with Gasteiger partial charge in [-0.15, -0.1) is 16.4 Å². The maximum Gasteiger partial charge on any atom is 0.357 e. The number of carbonyl (C=O) groups excluding carboxylic acids is 2. The van der Waals surface area contributed by atoms with Crippen LogP contribution in [0.25, 0.3) is 23.2 Å². The van der Waals surface area contributed by atoms with Crippen LogP contribution in [-0.2, 0) is 14.3 Å². The van der Waals surface area contributed by atoms with Gasteiger partial charge >= 0.3 is 5.97 Å². The van der Waals surface area contributed by atoms with Crippen molar-refractivity contribution in [2.24, 2.45) is 0 Å². The van der Waals surface area contributed by atoms with Crippen LogP contribution in [0.1, 0.15) is 25.1 Å². The number of rotatable bonds is 8. The molecule has 0 saturated carbocycles. The molecule has 0 bridgehead atoms. The Labute approximate surface area is 172 Å². The summed E-state index contributed by atoms with van der Waals surface area (Å²) in [5.74, 6) is -0.653. The highest BCUT2D eigenvalue weighted by molar-refractivity contribution is 7.10. The SMILES string of the molecule is CC[C@@H](C)NC(=O)COC(=O)/C(=C/c1cccs1)n1nnnc1-c1ccccc1. The van der Waals surface area contributed by atoms with Crippen molar-refractivity contribution >= 4 is 35.0 Å². The molecule has 3 aromatic rings. The van der Waals surface area contributed by atoms with Crippen LogP contribution < -0.4 is 5.32 Å². The third-order valence-electron chi connectivity index (χ3n) is 4.12. The van der Waals surface area contributed by atoms with Gasteiger partial charge < -0.3 is 10.1 Å². The summed E-state index contributed by atoms with van der Waals surface area (Å²) < 4.78 is 6.57. The highest BCUT2D eigenvalue weighted by Crippen LogP contribution is 2.22. The lowest BCUT2D eigenvalue weighted by molar-refractivity contribution is -0.143. The normalized spacial score (nSPS) is 12.4. The summed E-state index contributed by atoms with van der Waals surface area (Å²) in [6.45, 7) is 3.46. The first-order valence-electron chi connectivity index (χ1n) is 9.14. The lowest BCUT2D eigenvalue weighted by atomic mass is 10.2. The van der Waals surface area contributed by atoms with Crippen LogP contribution in [0.2, 0.25) is 0 Å². The third kappa shape index (κ3) is 5.35. The molecule has 0 radical (unpaired) electrons. The van der Waals surface area contributed by atoms with Crippen molar-refractivity contribution in [2.45, 2.75) is 26.3 Å². The lowest BCUT2D eigenvalue weighted by Crippen LogP contribution is -2.35. The number of benzene rings is 1. The van der Waals surface area contributed by atoms with Gasteiger partial charge in [-0.25, -0.2) is 4.79 Å². The second-order valence-corrected chi connectivity index (χ2v) is 7.26. The number of nitrogens with zero attached hydrogens (tertiary/aromatic N) is 4. The second kappa shape index (κ2) is 9.74. The van der Waals surface area contributed by atoms with Gasteiger partial charge in [0.15, 0.2) is 18.1 Å². The molecule has 0 spiro atoms. The fourth-order valence-electron chi connectivity index (χ4n) is 2.45. The monoisotopic (exact) mass is 411 g/mol. The van der Waals surface area contributed by atoms with E-state index < -0.39 is 5.97 Å². The minimum atomic E-state index is -0.692. The molecule has 1 aromatic carbocycles. The number of amides is 1. The number of tetrazole rings is 1. The van der Waals surface area contributed by atoms with Gasteiger partial charge in [-0.2, -0.15) is 4.68 Å². The Bertz CT molecular complexity index is 983. The highest BCUT2D eigenvalue weighted by Gasteiger charge is 2.21. The van der Waals surface area contributed by atoms with Gasteiger partial charge in [-0.1, -0.05) is 43.3 Å². The summed E-state index contributed by atoms with van der Waals surface area (Å²) in [4.78, 5) is 25.6. The van der Waals surface area contributed by atoms with Crippen LogP contribution in [0.3, 0.4) is 0 Å². The van der Waals surface area contributed by atoms with Crippen molar-refractivity contribution in [1.29, 1.82) is 0 Å². The van der Waals surface area contributed by atoms with Gasteiger partial charge in [0.05, 0.1) is 0 Å². The molecule has 0 unspecified atom stereocenters. The summed E-state index contributed by atoms with van der Waals surface area (Å²) in [6, 6.07) is 13.0. The van der Waals surface area contributed by atoms with E-state index in [0.717, 1.165) is 16.9 Å². The molecule has 0 saturated heterocycles. The van der Waals surface area contributed by atoms with Crippen molar-refractivity contribution < 1.29 is 14.3 Å². The van der Waals surface area contributed by atoms with E-state index in [2.05, 4.69) is 20.8 Å². The molecule has 2 heterocycles. The van der Waals surface area contributed by atoms with Crippen LogP contribution in [0.4, 0.5) is 0 Å². The maximum atomic E-state index is 12.8. The van der Waals surface area contributed by atoms with E-state index in [1.54, 1.807) is 6.08 Å². The molecule has 1 N–H and O–H groups in total. The number of aromatic nitrogens is 4. The number of thiophene rings is 1. The van der Waals surface area contributed by atoms with E-state index in [1.165, 1.54) is 16.0 Å². The van der Waals surface area contributed by atoms with E-state index >= 15 is 0 Å². The smallest absolute Gasteiger partial charge is 0.357 e. The van der Waals surface area contributed by atoms with Crippen LogP contribution in [0, 0.1) is 0 Å². The first kappa shape index (κ1) is 20.4. The number of esters is 1. The Morgan fingerprint density at radius 3 is 2.72 bits per heavy atom. The lowest BCUT2D eigenvalue weighted by Gasteiger charge is -2.12. The van der Waals surface area contributed by atoms with Crippen molar-refractivity contribution in [3.05, 3.63) is 52.7 Å². The summed E-state index contributed by atoms with van der Waals surface area (Å²) >= 11 is 1.46. The molecule has 8 nitrogen and oxygen atoms in total. The Balaban J connectivity index is 1.87. The molecule has 150 valence electrons. The van der Waals surface area contributed by atoms with E-state index in [-0.39, 0.29) is 24.3 Å². The Morgan fingerprint density at radius 2 is 2.03 bits per heavy atom. The van der Waals surface area contributed by atoms with Crippen LogP contribution in [-0.4, -0.2) is 44.7 Å². The molecule has 1 amide bonds. The van der Waals surface area contributed by atoms with Gasteiger partial charge in [0.2, 0.25) is 0 Å². The molecule has 29 heavy (non-hydrogen) atoms. The molecule has 3 rings (SSSR count). The first-order valence-corrected chi connectivity index (χ1v) is 10.0. The highest BCUT2D eigenvalue weighted by atomic mass is 32.1. The van der Waals surface area contributed by atoms with Gasteiger partial charge in [0.1, 0.15) is 0 Å². The molecular weight excluding hydrogens is 390 g/mol. The predicted octanol–water partition coefficient (Wildman–Crippen LogP) is 2.86. The fraction of sp³-hybridized carbons (Fsp3) is 0.250. The molecule has 0 aliphatic carbocycles. The van der Waals surface area contributed by atoms with E-state index in [1.807, 2.05) is 61.7 Å². The molecule has 0 fully saturated rings. The third-order valence-corrected chi connectivity index (χ3v) is 4.93. The number of carbonyl (C=O) groups is 2. The zero-order valence-electron chi connectivity index (χ0n) is 16.1. The Kier molecular flexibility index (Phi) is 6.85. The summed E-state index contributed by atoms with van der Waals surface area (Å²) in [5, 5.41) is 16.4. The Hall–Kier alpha value is -3.33. The number of nitrogens with one attached hydrogen (secondary N) is 1. The minimum absolute atomic E-state index is 0.00605. The number of hydrogen-bond donors (Lipinski definition) is 1. The van der Waals surface area contributed by atoms with Crippen molar-refractivity contribution in [3.8, 4) is 11.4 Å². The predicted molar refractivity (Wildman–Crippen MR) is 111 cm³/mol. The Morgan fingerprint density at radius 1 is 1.24 bits per heavy atom. The van der Waals surface area contributed by atoms with Crippen molar-refractivity contribution in [2.75, 3.05) is 6.61 Å². The quantitative estimate of drug-likeness (QED) is 0.452. The standard InChI is InChI=1S/C20H21N5O3S/c1-3-14(2)21-18(26)13-28-20(27)17(12-16-10-7-11-29-16)25-19(22-23-24-25)15-8-5-4-6-9-15/h4-12,14H,3,13H2,1-2H3,(H,21,26)/b17-12-/t14-/m1/s1. The molecule has 0 aliphatic rings. The van der Waals surface area contributed by atoms with E-state index in [4.69, 9.17) is 4.74 Å². The van der Waals surface area contributed by atoms with E-state index in [9.17, 15) is 9.59 Å². The number of hydrogen-bond acceptors (Lipinski definition) is 7. The van der Waals surface area contributed by atoms with Crippen LogP contribution in [0.5, 0.6) is 0 Å². The van der Waals surface area contributed by atoms with Crippen LogP contribution in [0.15, 0.2) is 47.8 Å². The van der Waals surface area contributed by atoms with E-state index in [0.29, 0.717) is 5.82 Å². The topological polar surface area (TPSA) is 99.0 Å². The largest absolute Gasteiger partial charge is 0.451 e. The second-order valence-electron chi connectivity index (χ2n) is 6.28. The fourth-order valence-corrected chi connectivity index (χ4v) is 3.11. The maximum absolute atomic E-state index is 12.8. The molecular formula is C20H21N5O3S. The summed E-state index contributed by atoms with van der Waals surface area (Å²) in [5.41, 5.74) is 0.865. The van der Waals surface area contributed by atoms with Crippen molar-refractivity contribution in [1.82, 2.24) is 25.5 Å². The minimum Gasteiger partial charge on any atom is -0.451 e. The van der Waals surface area contributed by atoms with Crippen LogP contribution >= 0.6 is 11.3 Å². The first-order chi connectivity index (χ1) is 14.1. The van der Waals surface area contributed by atoms with Crippen molar-refractivity contribution in [3.63, 3.8) is 0 Å².